The van der Waals surface area contributed by atoms with Gasteiger partial charge in [0.05, 0.1) is 19.3 Å². The van der Waals surface area contributed by atoms with Crippen molar-refractivity contribution in [3.8, 4) is 22.6 Å². The number of aliphatic hydroxyl groups is 2. The molecule has 0 bridgehead atoms. The molecule has 0 aromatic heterocycles. The Balaban J connectivity index is 1.39. The van der Waals surface area contributed by atoms with Gasteiger partial charge in [0, 0.05) is 22.0 Å². The van der Waals surface area contributed by atoms with Gasteiger partial charge in [0.15, 0.2) is 0 Å². The standard InChI is InChI=1S/C43H56O8S2/c1-3-5-7-10-15-34(44)16-11-8-9-14-27-50-31-32-19-25-40(45)39(29-32)43(46)38-18-13-12-17-37(38)33-20-26-41(42(30-33)53(47,48)49)52-36-23-21-35(22-24-36)51-28-6-4-2/h12-13,17-26,29-30,34,43-46H,3-11,14-16,27-28,31H2,1-2H3,(H,47,48,49). The van der Waals surface area contributed by atoms with Crippen molar-refractivity contribution in [3.63, 3.8) is 0 Å². The Morgan fingerprint density at radius 3 is 2.13 bits per heavy atom. The first-order valence-corrected chi connectivity index (χ1v) is 21.2. The first-order chi connectivity index (χ1) is 25.6. The highest BCUT2D eigenvalue weighted by Crippen LogP contribution is 2.40. The van der Waals surface area contributed by atoms with Crippen molar-refractivity contribution < 1.29 is 37.8 Å². The molecule has 0 aliphatic rings. The van der Waals surface area contributed by atoms with Crippen molar-refractivity contribution in [2.45, 2.75) is 124 Å². The van der Waals surface area contributed by atoms with Crippen LogP contribution in [0.1, 0.15) is 114 Å². The van der Waals surface area contributed by atoms with Gasteiger partial charge < -0.3 is 24.8 Å². The molecule has 53 heavy (non-hydrogen) atoms. The predicted octanol–water partition coefficient (Wildman–Crippen LogP) is 10.5. The van der Waals surface area contributed by atoms with Crippen molar-refractivity contribution in [2.24, 2.45) is 0 Å². The maximum absolute atomic E-state index is 12.6. The van der Waals surface area contributed by atoms with Gasteiger partial charge in [0.25, 0.3) is 10.1 Å². The minimum atomic E-state index is -4.60. The van der Waals surface area contributed by atoms with Gasteiger partial charge in [-0.3, -0.25) is 4.55 Å². The summed E-state index contributed by atoms with van der Waals surface area (Å²) in [6.45, 7) is 5.82. The highest BCUT2D eigenvalue weighted by atomic mass is 32.2. The summed E-state index contributed by atoms with van der Waals surface area (Å²) in [4.78, 5) is 0.886. The van der Waals surface area contributed by atoms with E-state index in [1.54, 1.807) is 54.6 Å². The first-order valence-electron chi connectivity index (χ1n) is 19.0. The Kier molecular flexibility index (Phi) is 17.7. The van der Waals surface area contributed by atoms with Gasteiger partial charge in [0.2, 0.25) is 0 Å². The highest BCUT2D eigenvalue weighted by molar-refractivity contribution is 8.00. The van der Waals surface area contributed by atoms with Crippen molar-refractivity contribution in [1.82, 2.24) is 0 Å². The van der Waals surface area contributed by atoms with Gasteiger partial charge in [-0.05, 0) is 96.5 Å². The number of phenols is 1. The van der Waals surface area contributed by atoms with E-state index < -0.39 is 16.2 Å². The lowest BCUT2D eigenvalue weighted by molar-refractivity contribution is 0.115. The van der Waals surface area contributed by atoms with Crippen LogP contribution in [0.15, 0.2) is 99.6 Å². The third-order valence-electron chi connectivity index (χ3n) is 9.23. The molecule has 0 amide bonds. The van der Waals surface area contributed by atoms with Gasteiger partial charge in [-0.2, -0.15) is 8.42 Å². The van der Waals surface area contributed by atoms with Crippen LogP contribution in [0.2, 0.25) is 0 Å². The summed E-state index contributed by atoms with van der Waals surface area (Å²) >= 11 is 1.21. The zero-order valence-corrected chi connectivity index (χ0v) is 32.7. The molecule has 4 aromatic rings. The van der Waals surface area contributed by atoms with Crippen LogP contribution in [0.5, 0.6) is 11.5 Å². The van der Waals surface area contributed by atoms with Crippen molar-refractivity contribution >= 4 is 21.9 Å². The van der Waals surface area contributed by atoms with Crippen LogP contribution in [0.25, 0.3) is 11.1 Å². The molecule has 0 aliphatic heterocycles. The summed E-state index contributed by atoms with van der Waals surface area (Å²) in [5, 5.41) is 32.6. The molecule has 0 saturated carbocycles. The van der Waals surface area contributed by atoms with E-state index in [2.05, 4.69) is 13.8 Å². The summed E-state index contributed by atoms with van der Waals surface area (Å²) in [7, 11) is -4.60. The summed E-state index contributed by atoms with van der Waals surface area (Å²) in [5.41, 5.74) is 2.61. The number of hydrogen-bond acceptors (Lipinski definition) is 8. The second kappa shape index (κ2) is 22.1. The minimum absolute atomic E-state index is 0.0734. The monoisotopic (exact) mass is 764 g/mol. The highest BCUT2D eigenvalue weighted by Gasteiger charge is 2.22. The normalized spacial score (nSPS) is 12.8. The van der Waals surface area contributed by atoms with Gasteiger partial charge in [-0.15, -0.1) is 0 Å². The molecule has 2 atom stereocenters. The number of rotatable bonds is 24. The van der Waals surface area contributed by atoms with Gasteiger partial charge in [-0.1, -0.05) is 113 Å². The lowest BCUT2D eigenvalue weighted by Crippen LogP contribution is -2.06. The smallest absolute Gasteiger partial charge is 0.295 e. The molecule has 0 aliphatic carbocycles. The molecule has 288 valence electrons. The second-order valence-corrected chi connectivity index (χ2v) is 16.1. The van der Waals surface area contributed by atoms with Gasteiger partial charge in [0.1, 0.15) is 22.5 Å². The van der Waals surface area contributed by atoms with Crippen LogP contribution in [0, 0.1) is 0 Å². The largest absolute Gasteiger partial charge is 0.508 e. The third-order valence-corrected chi connectivity index (χ3v) is 11.3. The van der Waals surface area contributed by atoms with Crippen molar-refractivity contribution in [2.75, 3.05) is 13.2 Å². The number of unbranched alkanes of at least 4 members (excludes halogenated alkanes) is 7. The average Bonchev–Trinajstić information content (AvgIpc) is 3.15. The minimum Gasteiger partial charge on any atom is -0.508 e. The molecule has 8 nitrogen and oxygen atoms in total. The van der Waals surface area contributed by atoms with Crippen LogP contribution in [0.3, 0.4) is 0 Å². The molecule has 4 rings (SSSR count). The van der Waals surface area contributed by atoms with Crippen molar-refractivity contribution in [3.05, 3.63) is 102 Å². The zero-order chi connectivity index (χ0) is 38.1. The fraction of sp³-hybridized carbons (Fsp3) is 0.442. The topological polar surface area (TPSA) is 134 Å². The van der Waals surface area contributed by atoms with Crippen LogP contribution < -0.4 is 4.74 Å². The molecular weight excluding hydrogens is 709 g/mol. The second-order valence-electron chi connectivity index (χ2n) is 13.6. The predicted molar refractivity (Wildman–Crippen MR) is 212 cm³/mol. The van der Waals surface area contributed by atoms with E-state index in [1.807, 2.05) is 24.3 Å². The zero-order valence-electron chi connectivity index (χ0n) is 31.1. The molecule has 0 saturated heterocycles. The maximum atomic E-state index is 12.6. The Morgan fingerprint density at radius 2 is 1.42 bits per heavy atom. The van der Waals surface area contributed by atoms with Gasteiger partial charge >= 0.3 is 0 Å². The lowest BCUT2D eigenvalue weighted by Gasteiger charge is -2.19. The molecule has 0 heterocycles. The third kappa shape index (κ3) is 13.8. The van der Waals surface area contributed by atoms with E-state index in [0.29, 0.717) is 47.0 Å². The van der Waals surface area contributed by atoms with E-state index in [-0.39, 0.29) is 16.7 Å². The maximum Gasteiger partial charge on any atom is 0.295 e. The number of aliphatic hydroxyl groups excluding tert-OH is 2. The van der Waals surface area contributed by atoms with Crippen molar-refractivity contribution in [1.29, 1.82) is 0 Å². The Hall–Kier alpha value is -3.38. The van der Waals surface area contributed by atoms with Gasteiger partial charge in [-0.25, -0.2) is 0 Å². The van der Waals surface area contributed by atoms with Crippen LogP contribution in [0.4, 0.5) is 0 Å². The first kappa shape index (κ1) is 42.4. The number of benzene rings is 4. The number of hydrogen-bond donors (Lipinski definition) is 4. The molecule has 0 fully saturated rings. The molecule has 4 aromatic carbocycles. The van der Waals surface area contributed by atoms with Crippen LogP contribution in [-0.4, -0.2) is 47.6 Å². The number of ether oxygens (including phenoxy) is 2. The number of aromatic hydroxyl groups is 1. The molecule has 0 radical (unpaired) electrons. The van der Waals surface area contributed by atoms with E-state index in [1.165, 1.54) is 37.1 Å². The van der Waals surface area contributed by atoms with Crippen LogP contribution >= 0.6 is 11.8 Å². The molecule has 10 heteroatoms. The molecule has 4 N–H and O–H groups in total. The SMILES string of the molecule is CCCCCCC(O)CCCCCCOCc1ccc(O)c(C(O)c2ccccc2-c2ccc(Sc3ccc(OCCCC)cc3)c(S(=O)(=O)O)c2)c1. The number of phenolic OH excluding ortho intramolecular Hbond substituents is 1. The quantitative estimate of drug-likeness (QED) is 0.0406. The molecular formula is C43H56O8S2. The lowest BCUT2D eigenvalue weighted by atomic mass is 9.92. The fourth-order valence-corrected chi connectivity index (χ4v) is 8.04. The summed E-state index contributed by atoms with van der Waals surface area (Å²) in [6.07, 6.45) is 11.1. The average molecular weight is 765 g/mol. The Bertz CT molecular complexity index is 1790. The van der Waals surface area contributed by atoms with E-state index in [0.717, 1.165) is 74.0 Å². The van der Waals surface area contributed by atoms with Crippen LogP contribution in [-0.2, 0) is 21.5 Å². The summed E-state index contributed by atoms with van der Waals surface area (Å²) in [5.74, 6) is 0.658. The molecule has 0 spiro atoms. The van der Waals surface area contributed by atoms with E-state index in [4.69, 9.17) is 9.47 Å². The summed E-state index contributed by atoms with van der Waals surface area (Å²) < 4.78 is 47.1. The molecule has 2 unspecified atom stereocenters. The fourth-order valence-electron chi connectivity index (χ4n) is 6.18. The van der Waals surface area contributed by atoms with E-state index >= 15 is 0 Å². The Morgan fingerprint density at radius 1 is 0.717 bits per heavy atom. The Labute approximate surface area is 320 Å². The van der Waals surface area contributed by atoms with E-state index in [9.17, 15) is 28.3 Å². The summed E-state index contributed by atoms with van der Waals surface area (Å²) in [6, 6.07) is 24.2.